The van der Waals surface area contributed by atoms with Crippen LogP contribution in [0.15, 0.2) is 61.3 Å². The number of H-pyrrole nitrogens is 1. The third-order valence-corrected chi connectivity index (χ3v) is 16.2. The van der Waals surface area contributed by atoms with Crippen LogP contribution in [0.2, 0.25) is 0 Å². The summed E-state index contributed by atoms with van der Waals surface area (Å²) in [6.45, 7) is 18.6. The molecule has 21 nitrogen and oxygen atoms in total. The number of ether oxygens (including phenoxy) is 4. The molecule has 81 heavy (non-hydrogen) atoms. The Hall–Kier alpha value is -6.20. The van der Waals surface area contributed by atoms with Gasteiger partial charge in [-0.2, -0.15) is 0 Å². The van der Waals surface area contributed by atoms with Gasteiger partial charge >= 0.3 is 0 Å². The minimum Gasteiger partial charge on any atom is -0.387 e. The molecule has 1 saturated carbocycles. The molecule has 5 atom stereocenters. The van der Waals surface area contributed by atoms with Crippen molar-refractivity contribution in [3.63, 3.8) is 0 Å². The molecule has 3 amide bonds. The molecule has 2 saturated heterocycles. The number of nitrogens with one attached hydrogen (secondary N) is 4. The number of imidazole rings is 2. The summed E-state index contributed by atoms with van der Waals surface area (Å²) >= 11 is 0. The largest absolute Gasteiger partial charge is 0.387 e. The van der Waals surface area contributed by atoms with Gasteiger partial charge in [-0.15, -0.1) is 0 Å². The van der Waals surface area contributed by atoms with E-state index in [2.05, 4.69) is 100 Å². The van der Waals surface area contributed by atoms with E-state index in [9.17, 15) is 29.4 Å². The topological polar surface area (TPSA) is 261 Å². The SMILES string of the molecule is C=C1CCC(N2C(=O)c3cccc(NCCOCCOCCOCCC(=O)CCCCCCCNc4ncnc5c4ncn5[C@@H]4O[C@H](CN(C(C)C)C5CC(CCc6nc7ccc(C(C)(C)C)cc7[nH]6)C5)C(O)[C@@H]4O)c3C2=O)C(=O)N1. The third kappa shape index (κ3) is 14.5. The van der Waals surface area contributed by atoms with Crippen LogP contribution in [-0.2, 0) is 40.4 Å². The van der Waals surface area contributed by atoms with Gasteiger partial charge in [-0.25, -0.2) is 19.9 Å². The van der Waals surface area contributed by atoms with Gasteiger partial charge in [0, 0.05) is 62.4 Å². The highest BCUT2D eigenvalue weighted by Crippen LogP contribution is 2.39. The standard InChI is InChI=1S/C60H83N11O10/c1-37(2)69(41-31-39(32-41)17-21-49-67-44-19-18-40(60(4,5)6)33-46(44)68-49)34-48-52(73)53(74)59(81-48)70-36-65-51-54(63-35-64-55(51)70)62-23-11-9-7-8-10-13-42(72)22-25-78-27-29-80-30-28-79-26-24-61-45-15-12-14-43-50(45)58(77)71(57(43)76)47-20-16-38(3)66-56(47)75/h12,14-15,18-19,33,35-37,39,41,47-48,52-53,59,61,73-74H,3,7-11,13,16-17,20-32,34H2,1-2,4-6H3,(H,66,75)(H,67,68)(H,62,63,64)/t39?,41?,47?,48-,52?,53+,59-/m1/s1. The van der Waals surface area contributed by atoms with Crippen LogP contribution in [-0.4, -0.2) is 169 Å². The summed E-state index contributed by atoms with van der Waals surface area (Å²) in [5, 5.41) is 31.9. The molecule has 9 rings (SSSR count). The number of carbonyl (C=O) groups excluding carboxylic acids is 4. The normalized spacial score (nSPS) is 22.1. The number of rotatable bonds is 31. The van der Waals surface area contributed by atoms with Crippen molar-refractivity contribution in [2.45, 2.75) is 166 Å². The van der Waals surface area contributed by atoms with Crippen LogP contribution in [0.5, 0.6) is 0 Å². The molecule has 0 bridgehead atoms. The van der Waals surface area contributed by atoms with Gasteiger partial charge in [-0.05, 0) is 100.0 Å². The summed E-state index contributed by atoms with van der Waals surface area (Å²) in [4.78, 5) is 76.9. The Morgan fingerprint density at radius 1 is 0.889 bits per heavy atom. The first kappa shape index (κ1) is 59.4. The molecule has 6 heterocycles. The number of Topliss-reactive ketones (excluding diaryl/α,β-unsaturated/α-hetero) is 1. The molecule has 5 aromatic rings. The summed E-state index contributed by atoms with van der Waals surface area (Å²) in [5.41, 5.74) is 6.19. The number of aromatic nitrogens is 6. The molecule has 3 aromatic heterocycles. The van der Waals surface area contributed by atoms with Gasteiger partial charge < -0.3 is 50.1 Å². The lowest BCUT2D eigenvalue weighted by Gasteiger charge is -2.46. The molecule has 4 aliphatic rings. The second-order valence-corrected chi connectivity index (χ2v) is 23.4. The Morgan fingerprint density at radius 2 is 1.64 bits per heavy atom. The minimum atomic E-state index is -1.16. The molecular formula is C60H83N11O10. The van der Waals surface area contributed by atoms with E-state index >= 15 is 0 Å². The Kier molecular flexibility index (Phi) is 20.0. The van der Waals surface area contributed by atoms with Crippen LogP contribution in [0.3, 0.4) is 0 Å². The number of aliphatic hydroxyl groups is 2. The average molecular weight is 1120 g/mol. The Balaban J connectivity index is 0.589. The van der Waals surface area contributed by atoms with Crippen molar-refractivity contribution in [2.24, 2.45) is 5.92 Å². The molecule has 6 N–H and O–H groups in total. The van der Waals surface area contributed by atoms with Crippen molar-refractivity contribution in [2.75, 3.05) is 69.9 Å². The van der Waals surface area contributed by atoms with Crippen molar-refractivity contribution in [1.29, 1.82) is 0 Å². The average Bonchev–Trinajstić information content (AvgIpc) is 4.30. The molecular weight excluding hydrogens is 1030 g/mol. The Labute approximate surface area is 474 Å². The second kappa shape index (κ2) is 27.3. The number of anilines is 2. The van der Waals surface area contributed by atoms with Crippen LogP contribution < -0.4 is 16.0 Å². The zero-order chi connectivity index (χ0) is 57.2. The molecule has 2 unspecified atom stereocenters. The van der Waals surface area contributed by atoms with E-state index in [0.717, 1.165) is 79.5 Å². The van der Waals surface area contributed by atoms with Gasteiger partial charge in [0.25, 0.3) is 11.8 Å². The number of aromatic amines is 1. The number of fused-ring (bicyclic) bond motifs is 3. The van der Waals surface area contributed by atoms with E-state index in [0.29, 0.717) is 125 Å². The fraction of sp³-hybridized carbons (Fsp3) is 0.600. The number of aliphatic hydroxyl groups excluding tert-OH is 2. The van der Waals surface area contributed by atoms with Crippen molar-refractivity contribution in [1.82, 2.24) is 44.6 Å². The third-order valence-electron chi connectivity index (χ3n) is 16.2. The van der Waals surface area contributed by atoms with Crippen LogP contribution in [0.25, 0.3) is 22.2 Å². The molecule has 3 aliphatic heterocycles. The van der Waals surface area contributed by atoms with Gasteiger partial charge in [0.15, 0.2) is 23.2 Å². The maximum Gasteiger partial charge on any atom is 0.264 e. The van der Waals surface area contributed by atoms with E-state index in [1.54, 1.807) is 29.1 Å². The summed E-state index contributed by atoms with van der Waals surface area (Å²) in [5.74, 6) is 1.05. The fourth-order valence-corrected chi connectivity index (χ4v) is 11.5. The lowest BCUT2D eigenvalue weighted by molar-refractivity contribution is -0.125. The zero-order valence-corrected chi connectivity index (χ0v) is 47.8. The number of amides is 3. The van der Waals surface area contributed by atoms with Gasteiger partial charge in [0.1, 0.15) is 42.3 Å². The fourth-order valence-electron chi connectivity index (χ4n) is 11.5. The Morgan fingerprint density at radius 3 is 2.41 bits per heavy atom. The Bertz CT molecular complexity index is 2980. The minimum absolute atomic E-state index is 0.0828. The molecule has 3 fully saturated rings. The van der Waals surface area contributed by atoms with Gasteiger partial charge in [0.05, 0.1) is 68.1 Å². The highest BCUT2D eigenvalue weighted by Gasteiger charge is 2.47. The second-order valence-electron chi connectivity index (χ2n) is 23.4. The molecule has 21 heteroatoms. The van der Waals surface area contributed by atoms with E-state index in [4.69, 9.17) is 23.9 Å². The van der Waals surface area contributed by atoms with Crippen LogP contribution in [0.4, 0.5) is 11.5 Å². The van der Waals surface area contributed by atoms with Gasteiger partial charge in [-0.3, -0.25) is 33.5 Å². The van der Waals surface area contributed by atoms with Crippen molar-refractivity contribution < 1.29 is 48.3 Å². The predicted octanol–water partition coefficient (Wildman–Crippen LogP) is 7.00. The number of allylic oxidation sites excluding steroid dienone is 1. The number of imide groups is 1. The predicted molar refractivity (Wildman–Crippen MR) is 307 cm³/mol. The number of benzene rings is 2. The van der Waals surface area contributed by atoms with Crippen LogP contribution >= 0.6 is 0 Å². The first-order valence-electron chi connectivity index (χ1n) is 29.2. The monoisotopic (exact) mass is 1120 g/mol. The van der Waals surface area contributed by atoms with Crippen LogP contribution in [0, 0.1) is 5.92 Å². The van der Waals surface area contributed by atoms with Gasteiger partial charge in [0.2, 0.25) is 5.91 Å². The molecule has 438 valence electrons. The van der Waals surface area contributed by atoms with Gasteiger partial charge in [-0.1, -0.05) is 58.7 Å². The van der Waals surface area contributed by atoms with Crippen LogP contribution in [0.1, 0.15) is 150 Å². The molecule has 0 radical (unpaired) electrons. The van der Waals surface area contributed by atoms with E-state index in [-0.39, 0.29) is 28.4 Å². The molecule has 0 spiro atoms. The number of hydrogen-bond acceptors (Lipinski definition) is 17. The van der Waals surface area contributed by atoms with E-state index in [1.807, 2.05) is 0 Å². The van der Waals surface area contributed by atoms with Crippen molar-refractivity contribution in [3.05, 3.63) is 83.8 Å². The van der Waals surface area contributed by atoms with Crippen molar-refractivity contribution >= 4 is 57.2 Å². The molecule has 2 aromatic carbocycles. The number of nitrogens with zero attached hydrogens (tertiary/aromatic N) is 7. The smallest absolute Gasteiger partial charge is 0.264 e. The van der Waals surface area contributed by atoms with E-state index < -0.39 is 48.3 Å². The first-order chi connectivity index (χ1) is 39.0. The first-order valence-corrected chi connectivity index (χ1v) is 29.2. The zero-order valence-electron chi connectivity index (χ0n) is 47.8. The number of unbranched alkanes of at least 4 members (excludes halogenated alkanes) is 4. The number of aryl methyl sites for hydroxylation is 1. The molecule has 1 aliphatic carbocycles. The number of ketones is 1. The summed E-state index contributed by atoms with van der Waals surface area (Å²) in [6, 6.07) is 11.3. The number of piperidine rings is 1. The highest BCUT2D eigenvalue weighted by molar-refractivity contribution is 6.25. The maximum atomic E-state index is 13.3. The highest BCUT2D eigenvalue weighted by atomic mass is 16.6. The summed E-state index contributed by atoms with van der Waals surface area (Å²) in [6.07, 6.45) is 9.97. The summed E-state index contributed by atoms with van der Waals surface area (Å²) in [7, 11) is 0. The maximum absolute atomic E-state index is 13.3. The lowest BCUT2D eigenvalue weighted by Crippen LogP contribution is -2.52. The number of carbonyl (C=O) groups is 4. The van der Waals surface area contributed by atoms with E-state index in [1.165, 1.54) is 11.9 Å². The number of hydrogen-bond donors (Lipinski definition) is 6. The lowest BCUT2D eigenvalue weighted by atomic mass is 9.76. The summed E-state index contributed by atoms with van der Waals surface area (Å²) < 4.78 is 25.0. The van der Waals surface area contributed by atoms with Crippen molar-refractivity contribution in [3.8, 4) is 0 Å². The quantitative estimate of drug-likeness (QED) is 0.0193.